The lowest BCUT2D eigenvalue weighted by molar-refractivity contribution is 0.267. The molecule has 0 spiro atoms. The molecule has 1 aromatic carbocycles. The van der Waals surface area contributed by atoms with Crippen molar-refractivity contribution in [3.63, 3.8) is 0 Å². The van der Waals surface area contributed by atoms with Gasteiger partial charge in [-0.05, 0) is 18.2 Å². The fourth-order valence-corrected chi connectivity index (χ4v) is 1.97. The lowest BCUT2D eigenvalue weighted by atomic mass is 10.2. The molecule has 0 saturated heterocycles. The molecule has 4 nitrogen and oxygen atoms in total. The molecule has 0 bridgehead atoms. The van der Waals surface area contributed by atoms with Crippen LogP contribution in [0.3, 0.4) is 0 Å². The van der Waals surface area contributed by atoms with Crippen molar-refractivity contribution in [2.75, 3.05) is 0 Å². The number of aliphatic hydroxyl groups is 1. The van der Waals surface area contributed by atoms with Crippen molar-refractivity contribution in [2.24, 2.45) is 7.05 Å². The maximum Gasteiger partial charge on any atom is 0.165 e. The Balaban J connectivity index is 2.58. The van der Waals surface area contributed by atoms with Crippen LogP contribution < -0.4 is 0 Å². The van der Waals surface area contributed by atoms with Crippen LogP contribution in [0.2, 0.25) is 5.02 Å². The van der Waals surface area contributed by atoms with E-state index in [2.05, 4.69) is 26.1 Å². The second-order valence-electron chi connectivity index (χ2n) is 3.28. The van der Waals surface area contributed by atoms with Gasteiger partial charge in [0.05, 0.1) is 5.02 Å². The molecular formula is C10H9BrClN3O. The third-order valence-electron chi connectivity index (χ3n) is 2.28. The summed E-state index contributed by atoms with van der Waals surface area (Å²) in [6.07, 6.45) is 0. The largest absolute Gasteiger partial charge is 0.388 e. The van der Waals surface area contributed by atoms with E-state index in [9.17, 15) is 0 Å². The Labute approximate surface area is 106 Å². The Hall–Kier alpha value is -0.910. The summed E-state index contributed by atoms with van der Waals surface area (Å²) in [5.74, 6) is 1.14. The van der Waals surface area contributed by atoms with Crippen molar-refractivity contribution in [1.82, 2.24) is 14.8 Å². The second-order valence-corrected chi connectivity index (χ2v) is 4.60. The Morgan fingerprint density at radius 1 is 1.44 bits per heavy atom. The van der Waals surface area contributed by atoms with Gasteiger partial charge in [0.15, 0.2) is 11.6 Å². The molecule has 0 saturated carbocycles. The van der Waals surface area contributed by atoms with Crippen molar-refractivity contribution in [3.05, 3.63) is 33.5 Å². The van der Waals surface area contributed by atoms with Crippen molar-refractivity contribution < 1.29 is 5.11 Å². The summed E-state index contributed by atoms with van der Waals surface area (Å²) in [7, 11) is 1.79. The summed E-state index contributed by atoms with van der Waals surface area (Å²) in [5, 5.41) is 17.5. The molecule has 0 radical (unpaired) electrons. The maximum absolute atomic E-state index is 9.04. The molecule has 16 heavy (non-hydrogen) atoms. The molecule has 6 heteroatoms. The van der Waals surface area contributed by atoms with E-state index < -0.39 is 0 Å². The zero-order valence-corrected chi connectivity index (χ0v) is 10.8. The summed E-state index contributed by atoms with van der Waals surface area (Å²) < 4.78 is 2.63. The highest BCUT2D eigenvalue weighted by Gasteiger charge is 2.13. The van der Waals surface area contributed by atoms with Crippen LogP contribution in [0.5, 0.6) is 0 Å². The highest BCUT2D eigenvalue weighted by molar-refractivity contribution is 9.10. The van der Waals surface area contributed by atoms with Crippen molar-refractivity contribution in [1.29, 1.82) is 0 Å². The van der Waals surface area contributed by atoms with Gasteiger partial charge in [0.2, 0.25) is 0 Å². The number of nitrogens with zero attached hydrogens (tertiary/aromatic N) is 3. The van der Waals surface area contributed by atoms with Crippen molar-refractivity contribution in [2.45, 2.75) is 6.61 Å². The minimum atomic E-state index is -0.144. The van der Waals surface area contributed by atoms with Crippen LogP contribution in [0.25, 0.3) is 11.4 Å². The number of rotatable bonds is 2. The maximum atomic E-state index is 9.04. The predicted molar refractivity (Wildman–Crippen MR) is 65.1 cm³/mol. The predicted octanol–water partition coefficient (Wildman–Crippen LogP) is 2.39. The van der Waals surface area contributed by atoms with Crippen LogP contribution >= 0.6 is 27.5 Å². The van der Waals surface area contributed by atoms with Crippen molar-refractivity contribution >= 4 is 27.5 Å². The molecular weight excluding hydrogens is 293 g/mol. The first-order valence-electron chi connectivity index (χ1n) is 4.58. The third-order valence-corrected chi connectivity index (χ3v) is 3.10. The Bertz CT molecular complexity index is 527. The van der Waals surface area contributed by atoms with Crippen LogP contribution in [-0.2, 0) is 13.7 Å². The van der Waals surface area contributed by atoms with Gasteiger partial charge in [0, 0.05) is 17.1 Å². The van der Waals surface area contributed by atoms with Crippen molar-refractivity contribution in [3.8, 4) is 11.4 Å². The molecule has 0 fully saturated rings. The number of benzene rings is 1. The minimum Gasteiger partial charge on any atom is -0.388 e. The lowest BCUT2D eigenvalue weighted by Crippen LogP contribution is -1.99. The fraction of sp³-hybridized carbons (Fsp3) is 0.200. The molecule has 2 aromatic rings. The monoisotopic (exact) mass is 301 g/mol. The van der Waals surface area contributed by atoms with Gasteiger partial charge < -0.3 is 9.67 Å². The minimum absolute atomic E-state index is 0.144. The van der Waals surface area contributed by atoms with E-state index in [1.165, 1.54) is 0 Å². The highest BCUT2D eigenvalue weighted by Crippen LogP contribution is 2.29. The smallest absolute Gasteiger partial charge is 0.165 e. The summed E-state index contributed by atoms with van der Waals surface area (Å²) >= 11 is 9.47. The molecule has 0 unspecified atom stereocenters. The summed E-state index contributed by atoms with van der Waals surface area (Å²) in [5.41, 5.74) is 0.783. The van der Waals surface area contributed by atoms with Crippen LogP contribution in [-0.4, -0.2) is 19.9 Å². The zero-order valence-electron chi connectivity index (χ0n) is 8.48. The van der Waals surface area contributed by atoms with Crippen LogP contribution in [0.1, 0.15) is 5.82 Å². The lowest BCUT2D eigenvalue weighted by Gasteiger charge is -2.05. The van der Waals surface area contributed by atoms with Gasteiger partial charge in [0.1, 0.15) is 6.61 Å². The number of aromatic nitrogens is 3. The molecule has 84 valence electrons. The van der Waals surface area contributed by atoms with E-state index in [0.29, 0.717) is 16.7 Å². The number of hydrogen-bond donors (Lipinski definition) is 1. The van der Waals surface area contributed by atoms with E-state index in [0.717, 1.165) is 10.0 Å². The van der Waals surface area contributed by atoms with Gasteiger partial charge in [-0.25, -0.2) is 0 Å². The molecule has 1 N–H and O–H groups in total. The topological polar surface area (TPSA) is 50.9 Å². The summed E-state index contributed by atoms with van der Waals surface area (Å²) in [6, 6.07) is 5.51. The van der Waals surface area contributed by atoms with Gasteiger partial charge in [-0.1, -0.05) is 27.5 Å². The molecule has 0 amide bonds. The fourth-order valence-electron chi connectivity index (χ4n) is 1.40. The van der Waals surface area contributed by atoms with Gasteiger partial charge in [-0.15, -0.1) is 10.2 Å². The highest BCUT2D eigenvalue weighted by atomic mass is 79.9. The summed E-state index contributed by atoms with van der Waals surface area (Å²) in [4.78, 5) is 0. The Morgan fingerprint density at radius 2 is 2.19 bits per heavy atom. The first-order valence-corrected chi connectivity index (χ1v) is 5.75. The van der Waals surface area contributed by atoms with Gasteiger partial charge >= 0.3 is 0 Å². The van der Waals surface area contributed by atoms with Crippen LogP contribution in [0, 0.1) is 0 Å². The first-order chi connectivity index (χ1) is 7.63. The molecule has 0 aliphatic rings. The first kappa shape index (κ1) is 11.6. The average molecular weight is 303 g/mol. The third kappa shape index (κ3) is 1.98. The van der Waals surface area contributed by atoms with E-state index in [1.807, 2.05) is 12.1 Å². The number of aliphatic hydroxyl groups excluding tert-OH is 1. The van der Waals surface area contributed by atoms with Gasteiger partial charge in [0.25, 0.3) is 0 Å². The number of hydrogen-bond acceptors (Lipinski definition) is 3. The normalized spacial score (nSPS) is 10.8. The van der Waals surface area contributed by atoms with E-state index >= 15 is 0 Å². The van der Waals surface area contributed by atoms with E-state index in [1.54, 1.807) is 17.7 Å². The Kier molecular flexibility index (Phi) is 3.28. The molecule has 0 aliphatic carbocycles. The number of halogens is 2. The summed E-state index contributed by atoms with van der Waals surface area (Å²) in [6.45, 7) is -0.144. The molecule has 2 rings (SSSR count). The second kappa shape index (κ2) is 4.53. The van der Waals surface area contributed by atoms with Crippen LogP contribution in [0.15, 0.2) is 22.7 Å². The SMILES string of the molecule is Cn1c(CO)nnc1-c1cc(Br)ccc1Cl. The Morgan fingerprint density at radius 3 is 2.81 bits per heavy atom. The van der Waals surface area contributed by atoms with Gasteiger partial charge in [-0.3, -0.25) is 0 Å². The van der Waals surface area contributed by atoms with E-state index in [-0.39, 0.29) is 6.61 Å². The molecule has 0 aliphatic heterocycles. The quantitative estimate of drug-likeness (QED) is 0.927. The molecule has 0 atom stereocenters. The molecule has 1 aromatic heterocycles. The van der Waals surface area contributed by atoms with E-state index in [4.69, 9.17) is 16.7 Å². The standard InChI is InChI=1S/C10H9BrClN3O/c1-15-9(5-16)13-14-10(15)7-4-6(11)2-3-8(7)12/h2-4,16H,5H2,1H3. The van der Waals surface area contributed by atoms with Crippen LogP contribution in [0.4, 0.5) is 0 Å². The zero-order chi connectivity index (χ0) is 11.7. The molecule has 1 heterocycles. The van der Waals surface area contributed by atoms with Gasteiger partial charge in [-0.2, -0.15) is 0 Å². The average Bonchev–Trinajstić information content (AvgIpc) is 2.63.